The third-order valence-electron chi connectivity index (χ3n) is 9.31. The van der Waals surface area contributed by atoms with Crippen LogP contribution in [-0.2, 0) is 24.7 Å². The summed E-state index contributed by atoms with van der Waals surface area (Å²) in [5.74, 6) is 2.62. The van der Waals surface area contributed by atoms with Crippen LogP contribution in [0.15, 0.2) is 29.4 Å². The summed E-state index contributed by atoms with van der Waals surface area (Å²) in [4.78, 5) is 66.9. The van der Waals surface area contributed by atoms with Crippen molar-refractivity contribution in [2.75, 3.05) is 6.54 Å². The number of Topliss-reactive ketones (excluding diaryl/α,β-unsaturated/α-hetero) is 2. The largest absolute Gasteiger partial charge is 0.481 e. The average molecular weight is 524 g/mol. The van der Waals surface area contributed by atoms with E-state index in [1.54, 1.807) is 31.2 Å². The molecule has 3 amide bonds. The van der Waals surface area contributed by atoms with Crippen molar-refractivity contribution in [2.45, 2.75) is 57.0 Å². The average Bonchev–Trinajstić information content (AvgIpc) is 3.07. The van der Waals surface area contributed by atoms with Crippen LogP contribution in [0.5, 0.6) is 0 Å². The van der Waals surface area contributed by atoms with Gasteiger partial charge in [0, 0.05) is 0 Å². The number of nitrogens with one attached hydrogen (secondary N) is 1. The van der Waals surface area contributed by atoms with Gasteiger partial charge >= 0.3 is 12.0 Å². The van der Waals surface area contributed by atoms with Gasteiger partial charge < -0.3 is 22.0 Å². The number of ketones is 2. The molecule has 4 aliphatic carbocycles. The Kier molecular flexibility index (Phi) is 6.37. The summed E-state index contributed by atoms with van der Waals surface area (Å²) in [6.45, 7) is 1.00. The second kappa shape index (κ2) is 9.30. The first-order chi connectivity index (χ1) is 18.0. The molecule has 1 aliphatic heterocycles. The Morgan fingerprint density at radius 3 is 2.21 bits per heavy atom. The first-order valence-corrected chi connectivity index (χ1v) is 13.0. The lowest BCUT2D eigenvalue weighted by molar-refractivity contribution is -0.171. The Morgan fingerprint density at radius 2 is 1.68 bits per heavy atom. The zero-order valence-electron chi connectivity index (χ0n) is 21.3. The summed E-state index contributed by atoms with van der Waals surface area (Å²) >= 11 is 0. The molecule has 4 saturated carbocycles. The molecular formula is C27H33N5O6. The van der Waals surface area contributed by atoms with E-state index < -0.39 is 59.4 Å². The molecule has 0 radical (unpaired) electrons. The molecule has 1 aromatic rings. The molecule has 0 spiro atoms. The standard InChI is InChI=1S/C27H33N5O6/c1-26(17-4-2-14(3-5-17)12-30-29)24(37)32(25(38)31-26)13-21(33)27(23(36)20(28)11-22(34)35)18-7-15-6-16(9-18)10-19(27)8-15/h2-5,12,15-16,18-20H,6-11,13,28-29H2,1H3,(H,31,38)(H,34,35)/t15?,16?,18?,19?,20-,26+,27?/m0/s1. The Labute approximate surface area is 220 Å². The fraction of sp³-hybridized carbons (Fsp3) is 0.556. The second-order valence-electron chi connectivity index (χ2n) is 11.5. The van der Waals surface area contributed by atoms with E-state index in [1.165, 1.54) is 6.21 Å². The highest BCUT2D eigenvalue weighted by Crippen LogP contribution is 2.63. The fourth-order valence-corrected chi connectivity index (χ4v) is 7.81. The third-order valence-corrected chi connectivity index (χ3v) is 9.31. The molecule has 5 fully saturated rings. The van der Waals surface area contributed by atoms with Gasteiger partial charge in [-0.2, -0.15) is 5.10 Å². The number of amides is 3. The Morgan fingerprint density at radius 1 is 1.11 bits per heavy atom. The maximum absolute atomic E-state index is 14.2. The minimum atomic E-state index is -1.48. The number of carboxylic acids is 1. The van der Waals surface area contributed by atoms with Gasteiger partial charge in [0.2, 0.25) is 0 Å². The molecule has 6 N–H and O–H groups in total. The molecule has 0 unspecified atom stereocenters. The summed E-state index contributed by atoms with van der Waals surface area (Å²) in [5, 5.41) is 15.5. The lowest BCUT2D eigenvalue weighted by Gasteiger charge is -2.60. The number of urea groups is 1. The molecule has 2 atom stereocenters. The van der Waals surface area contributed by atoms with E-state index >= 15 is 0 Å². The summed E-state index contributed by atoms with van der Waals surface area (Å²) < 4.78 is 0. The van der Waals surface area contributed by atoms with Crippen LogP contribution in [0.3, 0.4) is 0 Å². The molecule has 6 rings (SSSR count). The smallest absolute Gasteiger partial charge is 0.325 e. The van der Waals surface area contributed by atoms with Crippen LogP contribution in [0.25, 0.3) is 0 Å². The molecule has 5 aliphatic rings. The first-order valence-electron chi connectivity index (χ1n) is 13.0. The number of benzene rings is 1. The lowest BCUT2D eigenvalue weighted by atomic mass is 9.42. The van der Waals surface area contributed by atoms with Crippen molar-refractivity contribution in [2.24, 2.45) is 45.8 Å². The van der Waals surface area contributed by atoms with Crippen molar-refractivity contribution >= 4 is 35.7 Å². The number of carbonyl (C=O) groups is 5. The van der Waals surface area contributed by atoms with Gasteiger partial charge in [0.25, 0.3) is 5.91 Å². The summed E-state index contributed by atoms with van der Waals surface area (Å²) in [6, 6.07) is 4.70. The van der Waals surface area contributed by atoms with E-state index in [9.17, 15) is 29.1 Å². The molecule has 4 bridgehead atoms. The van der Waals surface area contributed by atoms with Gasteiger partial charge in [-0.25, -0.2) is 4.79 Å². The van der Waals surface area contributed by atoms with Crippen molar-refractivity contribution in [3.8, 4) is 0 Å². The highest BCUT2D eigenvalue weighted by molar-refractivity contribution is 6.15. The van der Waals surface area contributed by atoms with Gasteiger partial charge in [0.15, 0.2) is 11.6 Å². The van der Waals surface area contributed by atoms with Crippen LogP contribution in [-0.4, -0.2) is 58.3 Å². The molecule has 202 valence electrons. The van der Waals surface area contributed by atoms with Gasteiger partial charge in [-0.3, -0.25) is 24.1 Å². The van der Waals surface area contributed by atoms with Crippen LogP contribution < -0.4 is 16.9 Å². The van der Waals surface area contributed by atoms with Crippen LogP contribution in [0.1, 0.15) is 56.6 Å². The maximum Gasteiger partial charge on any atom is 0.325 e. The predicted molar refractivity (Wildman–Crippen MR) is 136 cm³/mol. The SMILES string of the molecule is C[C@]1(c2ccc(C=NN)cc2)NC(=O)N(CC(=O)C2(C(=O)[C@@H](N)CC(=O)O)C3CC4CC(C3)CC2C4)C1=O. The van der Waals surface area contributed by atoms with E-state index in [1.807, 2.05) is 0 Å². The van der Waals surface area contributed by atoms with Gasteiger partial charge in [-0.1, -0.05) is 24.3 Å². The molecule has 1 aromatic carbocycles. The van der Waals surface area contributed by atoms with E-state index in [0.29, 0.717) is 48.6 Å². The van der Waals surface area contributed by atoms with Crippen LogP contribution in [0.4, 0.5) is 4.79 Å². The molecule has 0 aromatic heterocycles. The van der Waals surface area contributed by atoms with Crippen molar-refractivity contribution in [3.63, 3.8) is 0 Å². The fourth-order valence-electron chi connectivity index (χ4n) is 7.81. The molecule has 11 nitrogen and oxygen atoms in total. The summed E-state index contributed by atoms with van der Waals surface area (Å²) in [6.07, 6.45) is 4.73. The maximum atomic E-state index is 14.2. The van der Waals surface area contributed by atoms with Crippen molar-refractivity contribution in [1.29, 1.82) is 0 Å². The number of hydrogen-bond donors (Lipinski definition) is 4. The monoisotopic (exact) mass is 523 g/mol. The minimum absolute atomic E-state index is 0.262. The van der Waals surface area contributed by atoms with Gasteiger partial charge in [0.1, 0.15) is 5.54 Å². The zero-order chi connectivity index (χ0) is 27.4. The number of nitrogens with zero attached hydrogens (tertiary/aromatic N) is 2. The second-order valence-corrected chi connectivity index (χ2v) is 11.5. The number of hydrogen-bond acceptors (Lipinski definition) is 8. The van der Waals surface area contributed by atoms with Crippen molar-refractivity contribution in [1.82, 2.24) is 10.2 Å². The molecule has 1 saturated heterocycles. The third kappa shape index (κ3) is 3.91. The normalized spacial score (nSPS) is 34.5. The predicted octanol–water partition coefficient (Wildman–Crippen LogP) is 1.13. The van der Waals surface area contributed by atoms with Crippen molar-refractivity contribution in [3.05, 3.63) is 35.4 Å². The van der Waals surface area contributed by atoms with E-state index in [-0.39, 0.29) is 11.8 Å². The number of nitrogens with two attached hydrogens (primary N) is 2. The zero-order valence-corrected chi connectivity index (χ0v) is 21.3. The summed E-state index contributed by atoms with van der Waals surface area (Å²) in [5.41, 5.74) is 4.42. The number of hydrazone groups is 1. The highest BCUT2D eigenvalue weighted by Gasteiger charge is 2.65. The lowest BCUT2D eigenvalue weighted by Crippen LogP contribution is -2.65. The minimum Gasteiger partial charge on any atom is -0.481 e. The number of carbonyl (C=O) groups excluding carboxylic acids is 4. The molecular weight excluding hydrogens is 490 g/mol. The number of aliphatic carboxylic acids is 1. The Hall–Kier alpha value is -3.60. The quantitative estimate of drug-likeness (QED) is 0.122. The van der Waals surface area contributed by atoms with Gasteiger partial charge in [-0.05, 0) is 73.8 Å². The number of rotatable bonds is 9. The number of carboxylic acid groups (broad SMARTS) is 1. The molecule has 38 heavy (non-hydrogen) atoms. The van der Waals surface area contributed by atoms with Crippen LogP contribution in [0, 0.1) is 29.1 Å². The van der Waals surface area contributed by atoms with Crippen molar-refractivity contribution < 1.29 is 29.1 Å². The molecule has 11 heteroatoms. The number of imide groups is 1. The van der Waals surface area contributed by atoms with Gasteiger partial charge in [-0.15, -0.1) is 0 Å². The van der Waals surface area contributed by atoms with E-state index in [0.717, 1.165) is 11.3 Å². The van der Waals surface area contributed by atoms with Crippen LogP contribution >= 0.6 is 0 Å². The Balaban J connectivity index is 1.45. The highest BCUT2D eigenvalue weighted by atomic mass is 16.4. The van der Waals surface area contributed by atoms with E-state index in [4.69, 9.17) is 11.6 Å². The van der Waals surface area contributed by atoms with Gasteiger partial charge in [0.05, 0.1) is 30.6 Å². The summed E-state index contributed by atoms with van der Waals surface area (Å²) in [7, 11) is 0. The molecule has 1 heterocycles. The first kappa shape index (κ1) is 26.0. The van der Waals surface area contributed by atoms with Crippen LogP contribution in [0.2, 0.25) is 0 Å². The topological polar surface area (TPSA) is 185 Å². The Bertz CT molecular complexity index is 1200. The van der Waals surface area contributed by atoms with E-state index in [2.05, 4.69) is 10.4 Å².